The summed E-state index contributed by atoms with van der Waals surface area (Å²) >= 11 is 0. The standard InChI is InChI=1S/C29H34N2O2/c32-28-25-14-6-12-24-13-7-15-26(27(24)25)29(33)31(28)21-20-30-18-16-23(17-19-30)11-5-4-10-22-8-2-1-3-9-22/h1-3,6-9,12-15,23,28,32H,4-5,10-11,16-21H2. The average molecular weight is 443 g/mol. The van der Waals surface area contributed by atoms with Crippen LogP contribution < -0.4 is 0 Å². The minimum absolute atomic E-state index is 0.0555. The zero-order chi connectivity index (χ0) is 22.6. The zero-order valence-electron chi connectivity index (χ0n) is 19.3. The second-order valence-electron chi connectivity index (χ2n) is 9.64. The van der Waals surface area contributed by atoms with Gasteiger partial charge in [-0.25, -0.2) is 0 Å². The van der Waals surface area contributed by atoms with Gasteiger partial charge in [-0.15, -0.1) is 0 Å². The monoisotopic (exact) mass is 442 g/mol. The molecule has 1 fully saturated rings. The first-order valence-corrected chi connectivity index (χ1v) is 12.5. The number of amides is 1. The fourth-order valence-electron chi connectivity index (χ4n) is 5.58. The molecule has 33 heavy (non-hydrogen) atoms. The Hall–Kier alpha value is -2.69. The van der Waals surface area contributed by atoms with E-state index in [2.05, 4.69) is 35.2 Å². The number of aryl methyl sites for hydroxylation is 1. The van der Waals surface area contributed by atoms with Crippen LogP contribution in [0, 0.1) is 5.92 Å². The summed E-state index contributed by atoms with van der Waals surface area (Å²) in [5.41, 5.74) is 3.00. The molecule has 1 atom stereocenters. The van der Waals surface area contributed by atoms with Crippen molar-refractivity contribution in [1.29, 1.82) is 0 Å². The van der Waals surface area contributed by atoms with Crippen molar-refractivity contribution in [2.24, 2.45) is 5.92 Å². The van der Waals surface area contributed by atoms with Gasteiger partial charge in [0.2, 0.25) is 0 Å². The van der Waals surface area contributed by atoms with Gasteiger partial charge in [-0.3, -0.25) is 4.79 Å². The molecule has 2 aliphatic rings. The highest BCUT2D eigenvalue weighted by atomic mass is 16.3. The van der Waals surface area contributed by atoms with Crippen LogP contribution in [0.1, 0.15) is 59.8 Å². The van der Waals surface area contributed by atoms with Gasteiger partial charge >= 0.3 is 0 Å². The quantitative estimate of drug-likeness (QED) is 0.474. The summed E-state index contributed by atoms with van der Waals surface area (Å²) in [5, 5.41) is 12.9. The van der Waals surface area contributed by atoms with Crippen LogP contribution >= 0.6 is 0 Å². The summed E-state index contributed by atoms with van der Waals surface area (Å²) in [6, 6.07) is 22.5. The topological polar surface area (TPSA) is 43.8 Å². The number of benzene rings is 3. The minimum atomic E-state index is -0.863. The summed E-state index contributed by atoms with van der Waals surface area (Å²) in [4.78, 5) is 17.2. The van der Waals surface area contributed by atoms with Gasteiger partial charge in [0.25, 0.3) is 5.91 Å². The lowest BCUT2D eigenvalue weighted by molar-refractivity contribution is -0.000249. The lowest BCUT2D eigenvalue weighted by atomic mass is 9.90. The third-order valence-corrected chi connectivity index (χ3v) is 7.54. The maximum Gasteiger partial charge on any atom is 0.256 e. The second kappa shape index (κ2) is 10.1. The number of aliphatic hydroxyl groups excluding tert-OH is 1. The number of nitrogens with zero attached hydrogens (tertiary/aromatic N) is 2. The van der Waals surface area contributed by atoms with Gasteiger partial charge in [-0.2, -0.15) is 0 Å². The third-order valence-electron chi connectivity index (χ3n) is 7.54. The van der Waals surface area contributed by atoms with Crippen molar-refractivity contribution in [3.63, 3.8) is 0 Å². The molecule has 3 aromatic carbocycles. The van der Waals surface area contributed by atoms with Crippen molar-refractivity contribution in [3.05, 3.63) is 83.4 Å². The first-order chi connectivity index (χ1) is 16.2. The highest BCUT2D eigenvalue weighted by molar-refractivity contribution is 6.10. The lowest BCUT2D eigenvalue weighted by Gasteiger charge is -2.37. The molecule has 0 spiro atoms. The maximum atomic E-state index is 13.1. The molecule has 0 bridgehead atoms. The number of carbonyl (C=O) groups excluding carboxylic acids is 1. The molecule has 4 heteroatoms. The molecule has 2 heterocycles. The number of likely N-dealkylation sites (tertiary alicyclic amines) is 1. The summed E-state index contributed by atoms with van der Waals surface area (Å²) in [6.45, 7) is 3.56. The van der Waals surface area contributed by atoms with Gasteiger partial charge in [0.05, 0.1) is 0 Å². The van der Waals surface area contributed by atoms with E-state index in [9.17, 15) is 9.90 Å². The van der Waals surface area contributed by atoms with Gasteiger partial charge in [-0.1, -0.05) is 73.5 Å². The highest BCUT2D eigenvalue weighted by Gasteiger charge is 2.33. The van der Waals surface area contributed by atoms with Crippen LogP contribution in [-0.4, -0.2) is 47.0 Å². The molecule has 0 radical (unpaired) electrons. The van der Waals surface area contributed by atoms with Crippen LogP contribution in [0.5, 0.6) is 0 Å². The Morgan fingerprint density at radius 3 is 2.39 bits per heavy atom. The number of hydrogen-bond donors (Lipinski definition) is 1. The van der Waals surface area contributed by atoms with Crippen molar-refractivity contribution in [2.45, 2.75) is 44.8 Å². The van der Waals surface area contributed by atoms with E-state index in [1.54, 1.807) is 4.90 Å². The largest absolute Gasteiger partial charge is 0.369 e. The number of piperidine rings is 1. The van der Waals surface area contributed by atoms with Crippen LogP contribution in [0.25, 0.3) is 10.8 Å². The summed E-state index contributed by atoms with van der Waals surface area (Å²) < 4.78 is 0. The maximum absolute atomic E-state index is 13.1. The van der Waals surface area contributed by atoms with Gasteiger partial charge in [0, 0.05) is 29.6 Å². The van der Waals surface area contributed by atoms with Crippen molar-refractivity contribution in [3.8, 4) is 0 Å². The Labute approximate surface area is 196 Å². The molecule has 3 aromatic rings. The van der Waals surface area contributed by atoms with E-state index in [-0.39, 0.29) is 5.91 Å². The Bertz CT molecular complexity index is 1080. The minimum Gasteiger partial charge on any atom is -0.369 e. The van der Waals surface area contributed by atoms with E-state index in [0.29, 0.717) is 12.1 Å². The van der Waals surface area contributed by atoms with E-state index in [1.165, 1.54) is 44.1 Å². The Balaban J connectivity index is 1.09. The fraction of sp³-hybridized carbons (Fsp3) is 0.414. The summed E-state index contributed by atoms with van der Waals surface area (Å²) in [6.07, 6.45) is 6.70. The zero-order valence-corrected chi connectivity index (χ0v) is 19.3. The normalized spacial score (nSPS) is 19.4. The summed E-state index contributed by atoms with van der Waals surface area (Å²) in [5.74, 6) is 0.767. The van der Waals surface area contributed by atoms with E-state index >= 15 is 0 Å². The molecule has 4 nitrogen and oxygen atoms in total. The predicted octanol–water partition coefficient (Wildman–Crippen LogP) is 5.41. The van der Waals surface area contributed by atoms with Crippen molar-refractivity contribution < 1.29 is 9.90 Å². The lowest BCUT2D eigenvalue weighted by Crippen LogP contribution is -2.44. The van der Waals surface area contributed by atoms with E-state index in [0.717, 1.165) is 41.9 Å². The molecule has 1 saturated heterocycles. The van der Waals surface area contributed by atoms with Gasteiger partial charge in [0.15, 0.2) is 6.23 Å². The molecule has 2 aliphatic heterocycles. The van der Waals surface area contributed by atoms with Gasteiger partial charge in [-0.05, 0) is 61.7 Å². The first-order valence-electron chi connectivity index (χ1n) is 12.5. The SMILES string of the molecule is O=C1c2cccc3cccc(c23)C(O)N1CCN1CCC(CCCCc2ccccc2)CC1. The Morgan fingerprint density at radius 2 is 1.61 bits per heavy atom. The van der Waals surface area contributed by atoms with Crippen LogP contribution in [-0.2, 0) is 6.42 Å². The number of aliphatic hydroxyl groups is 1. The van der Waals surface area contributed by atoms with Crippen LogP contribution in [0.2, 0.25) is 0 Å². The molecular weight excluding hydrogens is 408 g/mol. The molecule has 0 aliphatic carbocycles. The molecule has 5 rings (SSSR count). The number of carbonyl (C=O) groups is 1. The van der Waals surface area contributed by atoms with Crippen molar-refractivity contribution in [2.75, 3.05) is 26.2 Å². The van der Waals surface area contributed by atoms with E-state index < -0.39 is 6.23 Å². The van der Waals surface area contributed by atoms with Crippen molar-refractivity contribution >= 4 is 16.7 Å². The fourth-order valence-corrected chi connectivity index (χ4v) is 5.58. The molecule has 1 N–H and O–H groups in total. The van der Waals surface area contributed by atoms with Crippen LogP contribution in [0.3, 0.4) is 0 Å². The van der Waals surface area contributed by atoms with E-state index in [1.807, 2.05) is 36.4 Å². The highest BCUT2D eigenvalue weighted by Crippen LogP contribution is 2.35. The van der Waals surface area contributed by atoms with E-state index in [4.69, 9.17) is 0 Å². The van der Waals surface area contributed by atoms with Crippen LogP contribution in [0.4, 0.5) is 0 Å². The van der Waals surface area contributed by atoms with Gasteiger partial charge in [0.1, 0.15) is 0 Å². The van der Waals surface area contributed by atoms with Crippen LogP contribution in [0.15, 0.2) is 66.7 Å². The summed E-state index contributed by atoms with van der Waals surface area (Å²) in [7, 11) is 0. The Morgan fingerprint density at radius 1 is 0.848 bits per heavy atom. The molecule has 1 unspecified atom stereocenters. The molecule has 0 aromatic heterocycles. The average Bonchev–Trinajstić information content (AvgIpc) is 2.86. The smallest absolute Gasteiger partial charge is 0.256 e. The number of unbranched alkanes of at least 4 members (excludes halogenated alkanes) is 1. The predicted molar refractivity (Wildman–Crippen MR) is 133 cm³/mol. The molecule has 1 amide bonds. The molecular formula is C29H34N2O2. The first kappa shape index (κ1) is 22.1. The number of hydrogen-bond acceptors (Lipinski definition) is 3. The molecule has 172 valence electrons. The van der Waals surface area contributed by atoms with Gasteiger partial charge < -0.3 is 14.9 Å². The molecule has 0 saturated carbocycles. The van der Waals surface area contributed by atoms with Crippen molar-refractivity contribution in [1.82, 2.24) is 9.80 Å². The third kappa shape index (κ3) is 4.83. The number of rotatable bonds is 8. The Kier molecular flexibility index (Phi) is 6.75. The second-order valence-corrected chi connectivity index (χ2v) is 9.64.